The molecule has 0 unspecified atom stereocenters. The van der Waals surface area contributed by atoms with Crippen molar-refractivity contribution >= 4 is 43.6 Å². The highest BCUT2D eigenvalue weighted by Crippen LogP contribution is 2.42. The fourth-order valence-electron chi connectivity index (χ4n) is 5.52. The van der Waals surface area contributed by atoms with Crippen molar-refractivity contribution < 1.29 is 4.39 Å². The second-order valence-corrected chi connectivity index (χ2v) is 8.97. The Hall–Kier alpha value is -5.39. The lowest BCUT2D eigenvalue weighted by atomic mass is 10.1. The maximum Gasteiger partial charge on any atom is 0.143 e. The molecule has 2 heterocycles. The number of para-hydroxylation sites is 3. The molecule has 4 nitrogen and oxygen atoms in total. The van der Waals surface area contributed by atoms with Gasteiger partial charge in [-0.15, -0.1) is 0 Å². The van der Waals surface area contributed by atoms with E-state index < -0.39 is 5.82 Å². The highest BCUT2D eigenvalue weighted by Gasteiger charge is 2.22. The van der Waals surface area contributed by atoms with Gasteiger partial charge in [-0.2, -0.15) is 10.5 Å². The molecule has 0 aliphatic carbocycles. The first kappa shape index (κ1) is 20.9. The van der Waals surface area contributed by atoms with Crippen molar-refractivity contribution in [3.63, 3.8) is 0 Å². The van der Waals surface area contributed by atoms with E-state index in [1.54, 1.807) is 0 Å². The highest BCUT2D eigenvalue weighted by molar-refractivity contribution is 6.23. The summed E-state index contributed by atoms with van der Waals surface area (Å²) in [6.45, 7) is 0. The number of benzene rings is 5. The zero-order valence-electron chi connectivity index (χ0n) is 19.5. The fourth-order valence-corrected chi connectivity index (χ4v) is 5.52. The van der Waals surface area contributed by atoms with Gasteiger partial charge < -0.3 is 9.13 Å². The number of nitriles is 2. The molecule has 7 aromatic rings. The van der Waals surface area contributed by atoms with Gasteiger partial charge in [0.1, 0.15) is 18.0 Å². The average molecular weight is 477 g/mol. The summed E-state index contributed by atoms with van der Waals surface area (Å²) < 4.78 is 19.2. The van der Waals surface area contributed by atoms with Gasteiger partial charge in [0.2, 0.25) is 0 Å². The second-order valence-electron chi connectivity index (χ2n) is 8.97. The van der Waals surface area contributed by atoms with E-state index in [0.29, 0.717) is 5.69 Å². The van der Waals surface area contributed by atoms with E-state index in [2.05, 4.69) is 47.0 Å². The van der Waals surface area contributed by atoms with Crippen LogP contribution in [-0.2, 0) is 0 Å². The van der Waals surface area contributed by atoms with Crippen molar-refractivity contribution in [3.8, 4) is 23.5 Å². The monoisotopic (exact) mass is 476 g/mol. The summed E-state index contributed by atoms with van der Waals surface area (Å²) in [5, 5.41) is 23.6. The molecular weight excluding hydrogens is 459 g/mol. The Morgan fingerprint density at radius 3 is 1.70 bits per heavy atom. The number of halogens is 1. The summed E-state index contributed by atoms with van der Waals surface area (Å²) in [5.41, 5.74) is 5.25. The number of rotatable bonds is 2. The largest absolute Gasteiger partial charge is 0.307 e. The van der Waals surface area contributed by atoms with E-state index in [0.717, 1.165) is 49.3 Å². The second kappa shape index (κ2) is 7.81. The molecule has 5 aromatic carbocycles. The van der Waals surface area contributed by atoms with Crippen molar-refractivity contribution in [3.05, 3.63) is 120 Å². The lowest BCUT2D eigenvalue weighted by molar-refractivity contribution is 0.623. The smallest absolute Gasteiger partial charge is 0.143 e. The van der Waals surface area contributed by atoms with Crippen LogP contribution in [0.15, 0.2) is 103 Å². The molecule has 0 aliphatic heterocycles. The Balaban J connectivity index is 1.78. The van der Waals surface area contributed by atoms with Gasteiger partial charge in [0.05, 0.1) is 38.9 Å². The van der Waals surface area contributed by atoms with Gasteiger partial charge in [-0.1, -0.05) is 66.7 Å². The van der Waals surface area contributed by atoms with E-state index in [1.165, 1.54) is 12.1 Å². The number of fused-ring (bicyclic) bond motifs is 7. The van der Waals surface area contributed by atoms with Gasteiger partial charge in [0, 0.05) is 33.3 Å². The van der Waals surface area contributed by atoms with Crippen LogP contribution in [-0.4, -0.2) is 9.13 Å². The zero-order chi connectivity index (χ0) is 25.1. The molecule has 0 atom stereocenters. The van der Waals surface area contributed by atoms with Crippen LogP contribution in [0, 0.1) is 28.5 Å². The first-order valence-electron chi connectivity index (χ1n) is 11.9. The van der Waals surface area contributed by atoms with Crippen LogP contribution >= 0.6 is 0 Å². The van der Waals surface area contributed by atoms with Crippen LogP contribution in [0.5, 0.6) is 0 Å². The summed E-state index contributed by atoms with van der Waals surface area (Å²) in [7, 11) is 0. The number of aromatic nitrogens is 2. The molecule has 7 rings (SSSR count). The summed E-state index contributed by atoms with van der Waals surface area (Å²) in [4.78, 5) is 0. The van der Waals surface area contributed by atoms with Gasteiger partial charge in [0.25, 0.3) is 0 Å². The first-order valence-corrected chi connectivity index (χ1v) is 11.9. The molecule has 37 heavy (non-hydrogen) atoms. The van der Waals surface area contributed by atoms with Crippen LogP contribution in [0.4, 0.5) is 4.39 Å². The number of hydrogen-bond donors (Lipinski definition) is 0. The minimum Gasteiger partial charge on any atom is -0.307 e. The minimum absolute atomic E-state index is 0.149. The molecular formula is C32H17FN4. The Kier molecular flexibility index (Phi) is 4.42. The van der Waals surface area contributed by atoms with Gasteiger partial charge in [-0.25, -0.2) is 4.39 Å². The highest BCUT2D eigenvalue weighted by atomic mass is 19.1. The SMILES string of the molecule is N#Cc1cc(C#N)c(-n2c3ccccc3c3ccc4c5ccccc5n(-c5ccccc5)c4c32)cc1F. The third-order valence-electron chi connectivity index (χ3n) is 7.05. The molecule has 0 bridgehead atoms. The van der Waals surface area contributed by atoms with E-state index in [4.69, 9.17) is 0 Å². The summed E-state index contributed by atoms with van der Waals surface area (Å²) in [5.74, 6) is -0.654. The third kappa shape index (κ3) is 2.86. The molecule has 172 valence electrons. The van der Waals surface area contributed by atoms with Crippen LogP contribution in [0.25, 0.3) is 55.0 Å². The maximum atomic E-state index is 15.0. The van der Waals surface area contributed by atoms with Gasteiger partial charge in [-0.05, 0) is 30.3 Å². The lowest BCUT2D eigenvalue weighted by Gasteiger charge is -2.14. The molecule has 0 amide bonds. The van der Waals surface area contributed by atoms with Gasteiger partial charge in [-0.3, -0.25) is 0 Å². The molecule has 0 fully saturated rings. The Morgan fingerprint density at radius 1 is 0.541 bits per heavy atom. The molecule has 0 radical (unpaired) electrons. The molecule has 0 N–H and O–H groups in total. The Labute approximate surface area is 211 Å². The van der Waals surface area contributed by atoms with Crippen LogP contribution in [0.3, 0.4) is 0 Å². The van der Waals surface area contributed by atoms with E-state index in [9.17, 15) is 10.5 Å². The van der Waals surface area contributed by atoms with Crippen molar-refractivity contribution in [1.29, 1.82) is 10.5 Å². The molecule has 0 spiro atoms. The van der Waals surface area contributed by atoms with Crippen LogP contribution in [0.2, 0.25) is 0 Å². The molecule has 0 saturated heterocycles. The first-order chi connectivity index (χ1) is 18.2. The van der Waals surface area contributed by atoms with Crippen molar-refractivity contribution in [2.24, 2.45) is 0 Å². The van der Waals surface area contributed by atoms with Gasteiger partial charge in [0.15, 0.2) is 0 Å². The van der Waals surface area contributed by atoms with E-state index >= 15 is 4.39 Å². The predicted molar refractivity (Wildman–Crippen MR) is 145 cm³/mol. The van der Waals surface area contributed by atoms with Crippen LogP contribution < -0.4 is 0 Å². The number of hydrogen-bond acceptors (Lipinski definition) is 2. The maximum absolute atomic E-state index is 15.0. The topological polar surface area (TPSA) is 57.4 Å². The minimum atomic E-state index is -0.654. The third-order valence-corrected chi connectivity index (χ3v) is 7.05. The Morgan fingerprint density at radius 2 is 1.08 bits per heavy atom. The average Bonchev–Trinajstić information content (AvgIpc) is 3.46. The molecule has 5 heteroatoms. The van der Waals surface area contributed by atoms with Crippen molar-refractivity contribution in [1.82, 2.24) is 9.13 Å². The molecule has 0 saturated carbocycles. The normalized spacial score (nSPS) is 11.3. The summed E-state index contributed by atoms with van der Waals surface area (Å²) in [6, 6.07) is 37.3. The van der Waals surface area contributed by atoms with Crippen molar-refractivity contribution in [2.45, 2.75) is 0 Å². The molecule has 2 aromatic heterocycles. The standard InChI is InChI=1S/C32H17FN4/c33-27-17-30(21(19-35)16-20(27)18-34)37-29-13-7-5-11-24(29)26-15-14-25-23-10-4-6-12-28(23)36(31(25)32(26)37)22-8-2-1-3-9-22/h1-17H. The van der Waals surface area contributed by atoms with E-state index in [1.807, 2.05) is 65.2 Å². The van der Waals surface area contributed by atoms with Gasteiger partial charge >= 0.3 is 0 Å². The summed E-state index contributed by atoms with van der Waals surface area (Å²) >= 11 is 0. The number of nitrogens with zero attached hydrogens (tertiary/aromatic N) is 4. The predicted octanol–water partition coefficient (Wildman–Crippen LogP) is 7.76. The summed E-state index contributed by atoms with van der Waals surface area (Å²) in [6.07, 6.45) is 0. The molecule has 0 aliphatic rings. The Bertz CT molecular complexity index is 2120. The van der Waals surface area contributed by atoms with E-state index in [-0.39, 0.29) is 11.1 Å². The van der Waals surface area contributed by atoms with Crippen LogP contribution in [0.1, 0.15) is 11.1 Å². The zero-order valence-corrected chi connectivity index (χ0v) is 19.5. The fraction of sp³-hybridized carbons (Fsp3) is 0. The lowest BCUT2D eigenvalue weighted by Crippen LogP contribution is -2.02. The van der Waals surface area contributed by atoms with Crippen molar-refractivity contribution in [2.75, 3.05) is 0 Å². The quantitative estimate of drug-likeness (QED) is 0.256.